The summed E-state index contributed by atoms with van der Waals surface area (Å²) >= 11 is 10.0. The third-order valence-electron chi connectivity index (χ3n) is 5.44. The molecule has 188 valence electrons. The number of allylic oxidation sites excluding steroid dienone is 1. The number of ether oxygens (including phenoxy) is 2. The number of nitro groups is 1. The van der Waals surface area contributed by atoms with Gasteiger partial charge in [-0.15, -0.1) is 6.58 Å². The van der Waals surface area contributed by atoms with Crippen LogP contribution in [0.1, 0.15) is 16.7 Å². The van der Waals surface area contributed by atoms with Crippen molar-refractivity contribution in [1.82, 2.24) is 0 Å². The lowest BCUT2D eigenvalue weighted by Crippen LogP contribution is -2.27. The van der Waals surface area contributed by atoms with Crippen molar-refractivity contribution in [2.45, 2.75) is 13.0 Å². The average molecular weight is 598 g/mol. The summed E-state index contributed by atoms with van der Waals surface area (Å²) in [5.74, 6) is 0.845. The van der Waals surface area contributed by atoms with Gasteiger partial charge in [-0.25, -0.2) is 0 Å². The average Bonchev–Trinajstić information content (AvgIpc) is 3.16. The van der Waals surface area contributed by atoms with E-state index in [2.05, 4.69) is 22.5 Å². The lowest BCUT2D eigenvalue weighted by molar-refractivity contribution is -0.384. The fourth-order valence-electron chi connectivity index (χ4n) is 3.69. The first kappa shape index (κ1) is 26.6. The first-order valence-electron chi connectivity index (χ1n) is 11.0. The number of hydrogen-bond acceptors (Lipinski definition) is 7. The Morgan fingerprint density at radius 1 is 1.16 bits per heavy atom. The number of benzene rings is 3. The van der Waals surface area contributed by atoms with Crippen LogP contribution in [-0.2, 0) is 17.8 Å². The number of amides is 1. The Kier molecular flexibility index (Phi) is 8.42. The van der Waals surface area contributed by atoms with E-state index in [0.717, 1.165) is 21.2 Å². The standard InChI is InChI=1S/C27H21BrN2O5S2/c1-3-4-19-13-18(14-23(34-2)25(19)35-16-17-5-7-20(28)8-6-17)15-24-26(31)29(27(36)37-24)21-9-11-22(12-10-21)30(32)33/h3,5-15H,1,4,16H2,2H3/b24-15+. The molecule has 1 heterocycles. The minimum Gasteiger partial charge on any atom is -0.493 e. The summed E-state index contributed by atoms with van der Waals surface area (Å²) in [5.41, 5.74) is 3.03. The van der Waals surface area contributed by atoms with Crippen molar-refractivity contribution in [3.63, 3.8) is 0 Å². The van der Waals surface area contributed by atoms with Gasteiger partial charge >= 0.3 is 0 Å². The van der Waals surface area contributed by atoms with Gasteiger partial charge in [-0.2, -0.15) is 0 Å². The molecule has 4 rings (SSSR count). The minimum absolute atomic E-state index is 0.0611. The molecule has 1 aliphatic rings. The van der Waals surface area contributed by atoms with E-state index in [1.165, 1.54) is 40.9 Å². The highest BCUT2D eigenvalue weighted by atomic mass is 79.9. The van der Waals surface area contributed by atoms with Crippen LogP contribution in [0.25, 0.3) is 6.08 Å². The van der Waals surface area contributed by atoms with Crippen LogP contribution in [-0.4, -0.2) is 22.3 Å². The van der Waals surface area contributed by atoms with Crippen LogP contribution in [0, 0.1) is 10.1 Å². The van der Waals surface area contributed by atoms with E-state index in [4.69, 9.17) is 21.7 Å². The van der Waals surface area contributed by atoms with Gasteiger partial charge in [0, 0.05) is 22.2 Å². The largest absolute Gasteiger partial charge is 0.493 e. The first-order valence-corrected chi connectivity index (χ1v) is 13.0. The SMILES string of the molecule is C=CCc1cc(/C=C2/SC(=S)N(c3ccc([N+](=O)[O-])cc3)C2=O)cc(OC)c1OCc1ccc(Br)cc1. The fourth-order valence-corrected chi connectivity index (χ4v) is 5.25. The van der Waals surface area contributed by atoms with E-state index in [1.54, 1.807) is 19.3 Å². The number of rotatable bonds is 9. The fraction of sp³-hybridized carbons (Fsp3) is 0.111. The summed E-state index contributed by atoms with van der Waals surface area (Å²) in [6.45, 7) is 4.22. The number of halogens is 1. The molecule has 0 unspecified atom stereocenters. The lowest BCUT2D eigenvalue weighted by Gasteiger charge is -2.16. The zero-order valence-corrected chi connectivity index (χ0v) is 22.9. The number of non-ortho nitro benzene ring substituents is 1. The number of thiocarbonyl (C=S) groups is 1. The number of thioether (sulfide) groups is 1. The van der Waals surface area contributed by atoms with Crippen LogP contribution < -0.4 is 14.4 Å². The number of carbonyl (C=O) groups excluding carboxylic acids is 1. The smallest absolute Gasteiger partial charge is 0.270 e. The molecule has 0 spiro atoms. The molecule has 0 aliphatic carbocycles. The zero-order valence-electron chi connectivity index (χ0n) is 19.7. The summed E-state index contributed by atoms with van der Waals surface area (Å²) in [4.78, 5) is 25.5. The molecule has 0 radical (unpaired) electrons. The van der Waals surface area contributed by atoms with Gasteiger partial charge in [0.2, 0.25) is 0 Å². The third kappa shape index (κ3) is 6.10. The molecule has 1 fully saturated rings. The van der Waals surface area contributed by atoms with E-state index < -0.39 is 4.92 Å². The Hall–Kier alpha value is -3.47. The van der Waals surface area contributed by atoms with Gasteiger partial charge in [0.05, 0.1) is 22.6 Å². The van der Waals surface area contributed by atoms with E-state index in [0.29, 0.717) is 39.4 Å². The van der Waals surface area contributed by atoms with Crippen LogP contribution in [0.3, 0.4) is 0 Å². The Morgan fingerprint density at radius 3 is 2.49 bits per heavy atom. The topological polar surface area (TPSA) is 81.9 Å². The summed E-state index contributed by atoms with van der Waals surface area (Å²) in [5, 5.41) is 11.0. The zero-order chi connectivity index (χ0) is 26.5. The molecular formula is C27H21BrN2O5S2. The number of nitrogens with zero attached hydrogens (tertiary/aromatic N) is 2. The highest BCUT2D eigenvalue weighted by Crippen LogP contribution is 2.39. The quantitative estimate of drug-likeness (QED) is 0.0858. The molecule has 0 atom stereocenters. The molecule has 3 aromatic rings. The second kappa shape index (κ2) is 11.7. The van der Waals surface area contributed by atoms with Gasteiger partial charge in [-0.1, -0.05) is 58.1 Å². The van der Waals surface area contributed by atoms with E-state index in [1.807, 2.05) is 36.4 Å². The van der Waals surface area contributed by atoms with Gasteiger partial charge in [0.1, 0.15) is 6.61 Å². The Labute approximate surface area is 232 Å². The van der Waals surface area contributed by atoms with E-state index >= 15 is 0 Å². The molecule has 1 aliphatic heterocycles. The van der Waals surface area contributed by atoms with Crippen molar-refractivity contribution in [1.29, 1.82) is 0 Å². The summed E-state index contributed by atoms with van der Waals surface area (Å²) in [6, 6.07) is 17.3. The number of hydrogen-bond donors (Lipinski definition) is 0. The molecule has 0 bridgehead atoms. The Morgan fingerprint density at radius 2 is 1.86 bits per heavy atom. The van der Waals surface area contributed by atoms with Crippen LogP contribution in [0.4, 0.5) is 11.4 Å². The van der Waals surface area contributed by atoms with Crippen LogP contribution in [0.15, 0.2) is 82.7 Å². The summed E-state index contributed by atoms with van der Waals surface area (Å²) in [7, 11) is 1.57. The number of carbonyl (C=O) groups is 1. The minimum atomic E-state index is -0.492. The number of methoxy groups -OCH3 is 1. The molecule has 0 aromatic heterocycles. The predicted octanol–water partition coefficient (Wildman–Crippen LogP) is 7.08. The molecule has 37 heavy (non-hydrogen) atoms. The van der Waals surface area contributed by atoms with Crippen molar-refractivity contribution >= 4 is 67.6 Å². The van der Waals surface area contributed by atoms with Crippen LogP contribution in [0.5, 0.6) is 11.5 Å². The molecule has 1 saturated heterocycles. The Bertz CT molecular complexity index is 1410. The van der Waals surface area contributed by atoms with Gasteiger partial charge < -0.3 is 9.47 Å². The summed E-state index contributed by atoms with van der Waals surface area (Å²) < 4.78 is 13.1. The maximum Gasteiger partial charge on any atom is 0.270 e. The van der Waals surface area contributed by atoms with Gasteiger partial charge in [-0.3, -0.25) is 19.8 Å². The van der Waals surface area contributed by atoms with Crippen molar-refractivity contribution < 1.29 is 19.2 Å². The van der Waals surface area contributed by atoms with Crippen LogP contribution in [0.2, 0.25) is 0 Å². The highest BCUT2D eigenvalue weighted by molar-refractivity contribution is 9.10. The Balaban J connectivity index is 1.62. The van der Waals surface area contributed by atoms with Gasteiger partial charge in [0.25, 0.3) is 11.6 Å². The van der Waals surface area contributed by atoms with Crippen molar-refractivity contribution in [3.05, 3.63) is 110 Å². The highest BCUT2D eigenvalue weighted by Gasteiger charge is 2.33. The van der Waals surface area contributed by atoms with Crippen molar-refractivity contribution in [3.8, 4) is 11.5 Å². The normalized spacial score (nSPS) is 14.2. The maximum atomic E-state index is 13.2. The molecule has 3 aromatic carbocycles. The van der Waals surface area contributed by atoms with Gasteiger partial charge in [-0.05, 0) is 60.0 Å². The van der Waals surface area contributed by atoms with Crippen molar-refractivity contribution in [2.24, 2.45) is 0 Å². The summed E-state index contributed by atoms with van der Waals surface area (Å²) in [6.07, 6.45) is 4.06. The maximum absolute atomic E-state index is 13.2. The van der Waals surface area contributed by atoms with E-state index in [9.17, 15) is 14.9 Å². The first-order chi connectivity index (χ1) is 17.8. The molecule has 0 saturated carbocycles. The van der Waals surface area contributed by atoms with Crippen molar-refractivity contribution in [2.75, 3.05) is 12.0 Å². The molecule has 1 amide bonds. The molecular weight excluding hydrogens is 576 g/mol. The lowest BCUT2D eigenvalue weighted by atomic mass is 10.0. The monoisotopic (exact) mass is 596 g/mol. The van der Waals surface area contributed by atoms with Gasteiger partial charge in [0.15, 0.2) is 15.8 Å². The molecule has 0 N–H and O–H groups in total. The second-order valence-corrected chi connectivity index (χ2v) is 10.5. The van der Waals surface area contributed by atoms with Crippen LogP contribution >= 0.6 is 39.9 Å². The van der Waals surface area contributed by atoms with E-state index in [-0.39, 0.29) is 11.6 Å². The molecule has 10 heteroatoms. The third-order valence-corrected chi connectivity index (χ3v) is 7.28. The molecule has 7 nitrogen and oxygen atoms in total. The predicted molar refractivity (Wildman–Crippen MR) is 154 cm³/mol. The number of nitro benzene ring substituents is 1. The number of anilines is 1. The second-order valence-electron chi connectivity index (χ2n) is 7.91.